The standard InChI is InChI=1S/C28H32N2O3/c1-20-7-10-24(11-8-20)30(28(32)23-6-4-5-21(2)17-23)25-13-15-29(16-14-25)19-22-9-12-26(31)27(18-22)33-3/h4-12,17-18,25,31H,13-16,19H2,1-3H3. The van der Waals surface area contributed by atoms with E-state index < -0.39 is 0 Å². The van der Waals surface area contributed by atoms with Gasteiger partial charge in [0.25, 0.3) is 5.91 Å². The van der Waals surface area contributed by atoms with Gasteiger partial charge in [-0.25, -0.2) is 0 Å². The Morgan fingerprint density at radius 3 is 2.39 bits per heavy atom. The molecule has 1 aliphatic heterocycles. The molecule has 4 rings (SSSR count). The van der Waals surface area contributed by atoms with Gasteiger partial charge in [0.2, 0.25) is 0 Å². The van der Waals surface area contributed by atoms with Crippen molar-refractivity contribution in [3.63, 3.8) is 0 Å². The van der Waals surface area contributed by atoms with E-state index in [-0.39, 0.29) is 17.7 Å². The Kier molecular flexibility index (Phi) is 6.99. The van der Waals surface area contributed by atoms with Gasteiger partial charge in [-0.15, -0.1) is 0 Å². The zero-order chi connectivity index (χ0) is 23.4. The number of phenolic OH excluding ortho intramolecular Hbond substituents is 1. The molecule has 1 N–H and O–H groups in total. The van der Waals surface area contributed by atoms with Crippen molar-refractivity contribution >= 4 is 11.6 Å². The second-order valence-electron chi connectivity index (χ2n) is 8.89. The van der Waals surface area contributed by atoms with E-state index in [1.54, 1.807) is 13.2 Å². The fraction of sp³-hybridized carbons (Fsp3) is 0.321. The van der Waals surface area contributed by atoms with E-state index in [2.05, 4.69) is 36.1 Å². The van der Waals surface area contributed by atoms with Crippen molar-refractivity contribution in [3.8, 4) is 11.5 Å². The quantitative estimate of drug-likeness (QED) is 0.558. The molecule has 1 fully saturated rings. The number of piperidine rings is 1. The van der Waals surface area contributed by atoms with Crippen molar-refractivity contribution in [2.45, 2.75) is 39.3 Å². The molecule has 1 amide bonds. The van der Waals surface area contributed by atoms with E-state index >= 15 is 0 Å². The van der Waals surface area contributed by atoms with Gasteiger partial charge < -0.3 is 14.7 Å². The minimum absolute atomic E-state index is 0.0595. The number of nitrogens with zero attached hydrogens (tertiary/aromatic N) is 2. The molecule has 5 heteroatoms. The van der Waals surface area contributed by atoms with Crippen LogP contribution in [-0.4, -0.2) is 42.2 Å². The molecule has 0 atom stereocenters. The van der Waals surface area contributed by atoms with Crippen LogP contribution >= 0.6 is 0 Å². The highest BCUT2D eigenvalue weighted by atomic mass is 16.5. The summed E-state index contributed by atoms with van der Waals surface area (Å²) in [5, 5.41) is 9.85. The number of amides is 1. The van der Waals surface area contributed by atoms with Crippen molar-refractivity contribution in [2.75, 3.05) is 25.1 Å². The lowest BCUT2D eigenvalue weighted by Gasteiger charge is -2.39. The van der Waals surface area contributed by atoms with Crippen LogP contribution in [0.2, 0.25) is 0 Å². The number of hydrogen-bond donors (Lipinski definition) is 1. The maximum absolute atomic E-state index is 13.6. The molecule has 0 aromatic heterocycles. The van der Waals surface area contributed by atoms with Crippen LogP contribution in [0.1, 0.15) is 39.9 Å². The van der Waals surface area contributed by atoms with Crippen molar-refractivity contribution in [1.29, 1.82) is 0 Å². The van der Waals surface area contributed by atoms with E-state index in [9.17, 15) is 9.90 Å². The van der Waals surface area contributed by atoms with Crippen molar-refractivity contribution in [2.24, 2.45) is 0 Å². The highest BCUT2D eigenvalue weighted by Gasteiger charge is 2.30. The summed E-state index contributed by atoms with van der Waals surface area (Å²) < 4.78 is 5.24. The Hall–Kier alpha value is -3.31. The molecule has 0 bridgehead atoms. The first-order valence-corrected chi connectivity index (χ1v) is 11.5. The third kappa shape index (κ3) is 5.37. The number of carbonyl (C=O) groups is 1. The fourth-order valence-corrected chi connectivity index (χ4v) is 4.53. The van der Waals surface area contributed by atoms with Crippen molar-refractivity contribution < 1.29 is 14.6 Å². The molecule has 1 saturated heterocycles. The first-order valence-electron chi connectivity index (χ1n) is 11.5. The summed E-state index contributed by atoms with van der Waals surface area (Å²) in [4.78, 5) is 18.0. The average molecular weight is 445 g/mol. The van der Waals surface area contributed by atoms with Gasteiger partial charge in [-0.05, 0) is 68.7 Å². The number of anilines is 1. The molecule has 1 aliphatic rings. The molecule has 0 radical (unpaired) electrons. The molecule has 0 saturated carbocycles. The minimum Gasteiger partial charge on any atom is -0.504 e. The summed E-state index contributed by atoms with van der Waals surface area (Å²) in [5.74, 6) is 0.712. The van der Waals surface area contributed by atoms with Crippen LogP contribution in [0.4, 0.5) is 5.69 Å². The molecule has 1 heterocycles. The zero-order valence-electron chi connectivity index (χ0n) is 19.6. The molecule has 0 aliphatic carbocycles. The molecule has 172 valence electrons. The number of phenols is 1. The van der Waals surface area contributed by atoms with Gasteiger partial charge in [-0.2, -0.15) is 0 Å². The van der Waals surface area contributed by atoms with E-state index in [1.165, 1.54) is 5.56 Å². The normalized spacial score (nSPS) is 14.8. The summed E-state index contributed by atoms with van der Waals surface area (Å²) in [5.41, 5.74) is 5.06. The topological polar surface area (TPSA) is 53.0 Å². The average Bonchev–Trinajstić information content (AvgIpc) is 2.82. The largest absolute Gasteiger partial charge is 0.504 e. The fourth-order valence-electron chi connectivity index (χ4n) is 4.53. The first-order chi connectivity index (χ1) is 15.9. The summed E-state index contributed by atoms with van der Waals surface area (Å²) in [6.45, 7) is 6.67. The number of aromatic hydroxyl groups is 1. The Balaban J connectivity index is 1.50. The molecular weight excluding hydrogens is 412 g/mol. The Morgan fingerprint density at radius 2 is 1.73 bits per heavy atom. The summed E-state index contributed by atoms with van der Waals surface area (Å²) in [6, 6.07) is 21.7. The van der Waals surface area contributed by atoms with Crippen molar-refractivity contribution in [1.82, 2.24) is 4.90 Å². The number of likely N-dealkylation sites (tertiary alicyclic amines) is 1. The number of ether oxygens (including phenoxy) is 1. The SMILES string of the molecule is COc1cc(CN2CCC(N(C(=O)c3cccc(C)c3)c3ccc(C)cc3)CC2)ccc1O. The van der Waals surface area contributed by atoms with Crippen LogP contribution in [0.25, 0.3) is 0 Å². The summed E-state index contributed by atoms with van der Waals surface area (Å²) in [6.07, 6.45) is 1.81. The molecule has 33 heavy (non-hydrogen) atoms. The molecule has 0 spiro atoms. The third-order valence-corrected chi connectivity index (χ3v) is 6.37. The predicted molar refractivity (Wildman–Crippen MR) is 132 cm³/mol. The smallest absolute Gasteiger partial charge is 0.258 e. The number of hydrogen-bond acceptors (Lipinski definition) is 4. The lowest BCUT2D eigenvalue weighted by molar-refractivity contribution is 0.0958. The highest BCUT2D eigenvalue weighted by Crippen LogP contribution is 2.29. The molecule has 3 aromatic carbocycles. The highest BCUT2D eigenvalue weighted by molar-refractivity contribution is 6.06. The van der Waals surface area contributed by atoms with Gasteiger partial charge in [0.15, 0.2) is 11.5 Å². The van der Waals surface area contributed by atoms with Gasteiger partial charge in [-0.1, -0.05) is 41.5 Å². The molecule has 3 aromatic rings. The van der Waals surface area contributed by atoms with Gasteiger partial charge in [0.05, 0.1) is 7.11 Å². The minimum atomic E-state index is 0.0595. The lowest BCUT2D eigenvalue weighted by atomic mass is 9.99. The van der Waals surface area contributed by atoms with Crippen LogP contribution in [0.5, 0.6) is 11.5 Å². The van der Waals surface area contributed by atoms with Crippen LogP contribution in [0.15, 0.2) is 66.7 Å². The maximum atomic E-state index is 13.6. The molecule has 5 nitrogen and oxygen atoms in total. The monoisotopic (exact) mass is 444 g/mol. The van der Waals surface area contributed by atoms with E-state index in [4.69, 9.17) is 4.74 Å². The summed E-state index contributed by atoms with van der Waals surface area (Å²) in [7, 11) is 1.56. The van der Waals surface area contributed by atoms with Crippen LogP contribution in [0.3, 0.4) is 0 Å². The Labute approximate surface area is 196 Å². The second kappa shape index (κ2) is 10.1. The number of carbonyl (C=O) groups excluding carboxylic acids is 1. The number of benzene rings is 3. The van der Waals surface area contributed by atoms with E-state index in [0.29, 0.717) is 5.75 Å². The van der Waals surface area contributed by atoms with Crippen molar-refractivity contribution in [3.05, 3.63) is 89.0 Å². The maximum Gasteiger partial charge on any atom is 0.258 e. The Bertz CT molecular complexity index is 1100. The number of rotatable bonds is 6. The third-order valence-electron chi connectivity index (χ3n) is 6.37. The van der Waals surface area contributed by atoms with Gasteiger partial charge in [-0.3, -0.25) is 9.69 Å². The van der Waals surface area contributed by atoms with Crippen LogP contribution < -0.4 is 9.64 Å². The molecular formula is C28H32N2O3. The second-order valence-corrected chi connectivity index (χ2v) is 8.89. The van der Waals surface area contributed by atoms with E-state index in [0.717, 1.165) is 54.9 Å². The number of aryl methyl sites for hydroxylation is 2. The first kappa shape index (κ1) is 22.9. The van der Waals surface area contributed by atoms with Gasteiger partial charge in [0.1, 0.15) is 0 Å². The van der Waals surface area contributed by atoms with E-state index in [1.807, 2.05) is 48.2 Å². The van der Waals surface area contributed by atoms with Crippen LogP contribution in [-0.2, 0) is 6.54 Å². The predicted octanol–water partition coefficient (Wildman–Crippen LogP) is 5.33. The number of methoxy groups -OCH3 is 1. The van der Waals surface area contributed by atoms with Gasteiger partial charge in [0, 0.05) is 36.9 Å². The van der Waals surface area contributed by atoms with Crippen LogP contribution in [0, 0.1) is 13.8 Å². The van der Waals surface area contributed by atoms with Gasteiger partial charge >= 0.3 is 0 Å². The zero-order valence-corrected chi connectivity index (χ0v) is 19.6. The Morgan fingerprint density at radius 1 is 1.00 bits per heavy atom. The molecule has 0 unspecified atom stereocenters. The lowest BCUT2D eigenvalue weighted by Crippen LogP contribution is -2.47. The summed E-state index contributed by atoms with van der Waals surface area (Å²) >= 11 is 0.